The van der Waals surface area contributed by atoms with E-state index in [1.54, 1.807) is 5.57 Å². The van der Waals surface area contributed by atoms with E-state index in [4.69, 9.17) is 0 Å². The Morgan fingerprint density at radius 1 is 1.07 bits per heavy atom. The van der Waals surface area contributed by atoms with Crippen LogP contribution in [0.4, 0.5) is 0 Å². The van der Waals surface area contributed by atoms with Crippen molar-refractivity contribution in [1.82, 2.24) is 0 Å². The summed E-state index contributed by atoms with van der Waals surface area (Å²) in [5, 5.41) is 10.2. The van der Waals surface area contributed by atoms with Crippen LogP contribution in [0, 0.1) is 46.3 Å². The zero-order valence-corrected chi connectivity index (χ0v) is 19.8. The van der Waals surface area contributed by atoms with Crippen LogP contribution in [0.3, 0.4) is 0 Å². The van der Waals surface area contributed by atoms with E-state index in [0.717, 1.165) is 48.3 Å². The molecule has 4 aliphatic rings. The minimum absolute atomic E-state index is 0.0876. The van der Waals surface area contributed by atoms with Gasteiger partial charge in [0.2, 0.25) is 0 Å². The Balaban J connectivity index is 1.51. The molecule has 1 heteroatoms. The van der Waals surface area contributed by atoms with Crippen molar-refractivity contribution in [2.45, 2.75) is 105 Å². The van der Waals surface area contributed by atoms with E-state index >= 15 is 0 Å². The van der Waals surface area contributed by atoms with Gasteiger partial charge in [-0.05, 0) is 111 Å². The number of aliphatic hydroxyl groups excluding tert-OH is 1. The molecule has 0 aromatic carbocycles. The van der Waals surface area contributed by atoms with Crippen LogP contribution in [0.5, 0.6) is 0 Å². The first-order valence-corrected chi connectivity index (χ1v) is 12.7. The number of fused-ring (bicyclic) bond motifs is 5. The summed E-state index contributed by atoms with van der Waals surface area (Å²) >= 11 is 0. The zero-order chi connectivity index (χ0) is 21.0. The number of hydrogen-bond donors (Lipinski definition) is 1. The molecule has 4 rings (SSSR count). The number of rotatable bonds is 5. The average molecular weight is 399 g/mol. The summed E-state index contributed by atoms with van der Waals surface area (Å²) < 4.78 is 0. The molecule has 0 aromatic rings. The molecular weight excluding hydrogens is 352 g/mol. The van der Waals surface area contributed by atoms with E-state index in [-0.39, 0.29) is 6.10 Å². The van der Waals surface area contributed by atoms with E-state index in [1.807, 2.05) is 0 Å². The summed E-state index contributed by atoms with van der Waals surface area (Å²) in [6.07, 6.45) is 15.1. The lowest BCUT2D eigenvalue weighted by molar-refractivity contribution is -0.0566. The van der Waals surface area contributed by atoms with Crippen LogP contribution in [0.1, 0.15) is 98.8 Å². The SMILES string of the molecule is C=C(CC(C)C)CC(C)[C@H]1CC[C@H]2[C@@H]3CC=C4C[C@@H](O)CC[C@]4(C)[C@H]3CC[C@]12C. The van der Waals surface area contributed by atoms with Crippen molar-refractivity contribution in [2.24, 2.45) is 46.3 Å². The average Bonchev–Trinajstić information content (AvgIpc) is 2.99. The van der Waals surface area contributed by atoms with E-state index in [9.17, 15) is 5.11 Å². The van der Waals surface area contributed by atoms with Gasteiger partial charge in [0.25, 0.3) is 0 Å². The van der Waals surface area contributed by atoms with Crippen LogP contribution in [0.25, 0.3) is 0 Å². The molecule has 8 atom stereocenters. The van der Waals surface area contributed by atoms with Crippen LogP contribution < -0.4 is 0 Å². The molecule has 3 fully saturated rings. The number of aliphatic hydroxyl groups is 1. The molecule has 0 saturated heterocycles. The number of allylic oxidation sites excluding steroid dienone is 2. The van der Waals surface area contributed by atoms with Crippen molar-refractivity contribution in [3.8, 4) is 0 Å². The van der Waals surface area contributed by atoms with Crippen LogP contribution in [-0.4, -0.2) is 11.2 Å². The van der Waals surface area contributed by atoms with E-state index in [1.165, 1.54) is 56.9 Å². The van der Waals surface area contributed by atoms with Gasteiger partial charge in [0.15, 0.2) is 0 Å². The Hall–Kier alpha value is -0.560. The fourth-order valence-electron chi connectivity index (χ4n) is 8.88. The van der Waals surface area contributed by atoms with E-state index < -0.39 is 0 Å². The van der Waals surface area contributed by atoms with Crippen molar-refractivity contribution in [2.75, 3.05) is 0 Å². The highest BCUT2D eigenvalue weighted by atomic mass is 16.3. The summed E-state index contributed by atoms with van der Waals surface area (Å²) in [5.74, 6) is 5.04. The molecule has 1 N–H and O–H groups in total. The summed E-state index contributed by atoms with van der Waals surface area (Å²) in [4.78, 5) is 0. The first-order valence-electron chi connectivity index (χ1n) is 12.7. The predicted octanol–water partition coefficient (Wildman–Crippen LogP) is 7.55. The molecule has 0 aromatic heterocycles. The molecule has 0 amide bonds. The van der Waals surface area contributed by atoms with Crippen LogP contribution in [0.15, 0.2) is 23.8 Å². The van der Waals surface area contributed by atoms with Gasteiger partial charge < -0.3 is 5.11 Å². The van der Waals surface area contributed by atoms with Crippen LogP contribution >= 0.6 is 0 Å². The quantitative estimate of drug-likeness (QED) is 0.474. The lowest BCUT2D eigenvalue weighted by atomic mass is 9.47. The van der Waals surface area contributed by atoms with E-state index in [0.29, 0.717) is 10.8 Å². The van der Waals surface area contributed by atoms with Crippen molar-refractivity contribution < 1.29 is 5.11 Å². The van der Waals surface area contributed by atoms with Crippen molar-refractivity contribution in [3.63, 3.8) is 0 Å². The van der Waals surface area contributed by atoms with Gasteiger partial charge in [0.1, 0.15) is 0 Å². The maximum atomic E-state index is 10.2. The third-order valence-electron chi connectivity index (χ3n) is 10.1. The van der Waals surface area contributed by atoms with Crippen molar-refractivity contribution in [3.05, 3.63) is 23.8 Å². The normalized spacial score (nSPS) is 45.2. The standard InChI is InChI=1S/C28H46O/c1-18(2)15-19(3)16-20(4)24-9-10-25-23-8-7-21-17-22(29)11-13-27(21,5)26(23)12-14-28(24,25)6/h7,18,20,22-26,29H,3,8-17H2,1-2,4-6H3/t20?,22-,23-,24+,25-,26-,27-,28+/m0/s1. The summed E-state index contributed by atoms with van der Waals surface area (Å²) in [6.45, 7) is 16.8. The highest BCUT2D eigenvalue weighted by molar-refractivity contribution is 5.25. The van der Waals surface area contributed by atoms with Gasteiger partial charge in [-0.1, -0.05) is 58.4 Å². The minimum Gasteiger partial charge on any atom is -0.393 e. The number of hydrogen-bond acceptors (Lipinski definition) is 1. The Kier molecular flexibility index (Phi) is 5.86. The molecule has 1 nitrogen and oxygen atoms in total. The monoisotopic (exact) mass is 398 g/mol. The molecular formula is C28H46O. The molecule has 1 unspecified atom stereocenters. The van der Waals surface area contributed by atoms with Crippen molar-refractivity contribution in [1.29, 1.82) is 0 Å². The van der Waals surface area contributed by atoms with Gasteiger partial charge in [0.05, 0.1) is 6.10 Å². The molecule has 29 heavy (non-hydrogen) atoms. The summed E-state index contributed by atoms with van der Waals surface area (Å²) in [7, 11) is 0. The third-order valence-corrected chi connectivity index (χ3v) is 10.1. The second-order valence-corrected chi connectivity index (χ2v) is 12.4. The molecule has 0 bridgehead atoms. The second-order valence-electron chi connectivity index (χ2n) is 12.4. The largest absolute Gasteiger partial charge is 0.393 e. The van der Waals surface area contributed by atoms with Gasteiger partial charge >= 0.3 is 0 Å². The fraction of sp³-hybridized carbons (Fsp3) is 0.857. The van der Waals surface area contributed by atoms with E-state index in [2.05, 4.69) is 47.3 Å². The molecule has 0 heterocycles. The molecule has 0 radical (unpaired) electrons. The third kappa shape index (κ3) is 3.68. The van der Waals surface area contributed by atoms with Gasteiger partial charge in [0, 0.05) is 0 Å². The summed E-state index contributed by atoms with van der Waals surface area (Å²) in [6, 6.07) is 0. The van der Waals surface area contributed by atoms with Gasteiger partial charge in [-0.15, -0.1) is 0 Å². The van der Waals surface area contributed by atoms with Gasteiger partial charge in [-0.3, -0.25) is 0 Å². The highest BCUT2D eigenvalue weighted by Gasteiger charge is 2.59. The Morgan fingerprint density at radius 2 is 1.83 bits per heavy atom. The van der Waals surface area contributed by atoms with Crippen LogP contribution in [-0.2, 0) is 0 Å². The van der Waals surface area contributed by atoms with Gasteiger partial charge in [-0.2, -0.15) is 0 Å². The predicted molar refractivity (Wildman–Crippen MR) is 124 cm³/mol. The first kappa shape index (κ1) is 21.7. The Bertz CT molecular complexity index is 659. The molecule has 4 aliphatic carbocycles. The lowest BCUT2D eigenvalue weighted by Gasteiger charge is -2.58. The second kappa shape index (κ2) is 7.85. The van der Waals surface area contributed by atoms with Gasteiger partial charge in [-0.25, -0.2) is 0 Å². The minimum atomic E-state index is -0.0876. The van der Waals surface area contributed by atoms with Crippen molar-refractivity contribution >= 4 is 0 Å². The smallest absolute Gasteiger partial charge is 0.0577 e. The fourth-order valence-corrected chi connectivity index (χ4v) is 8.88. The maximum absolute atomic E-state index is 10.2. The lowest BCUT2D eigenvalue weighted by Crippen LogP contribution is -2.50. The Morgan fingerprint density at radius 3 is 2.55 bits per heavy atom. The molecule has 3 saturated carbocycles. The molecule has 164 valence electrons. The summed E-state index contributed by atoms with van der Waals surface area (Å²) in [5.41, 5.74) is 3.99. The maximum Gasteiger partial charge on any atom is 0.0577 e. The topological polar surface area (TPSA) is 20.2 Å². The molecule has 0 spiro atoms. The van der Waals surface area contributed by atoms with Crippen LogP contribution in [0.2, 0.25) is 0 Å². The highest BCUT2D eigenvalue weighted by Crippen LogP contribution is 2.67. The zero-order valence-electron chi connectivity index (χ0n) is 19.8. The first-order chi connectivity index (χ1) is 13.6. The Labute approximate surface area is 180 Å². The molecule has 0 aliphatic heterocycles.